The molecule has 4 nitrogen and oxygen atoms in total. The zero-order valence-corrected chi connectivity index (χ0v) is 18.0. The van der Waals surface area contributed by atoms with Crippen LogP contribution in [0.3, 0.4) is 0 Å². The Bertz CT molecular complexity index is 1290. The number of hydrogen-bond acceptors (Lipinski definition) is 3. The third kappa shape index (κ3) is 3.54. The Morgan fingerprint density at radius 3 is 2.56 bits per heavy atom. The second kappa shape index (κ2) is 8.20. The van der Waals surface area contributed by atoms with Gasteiger partial charge >= 0.3 is 0 Å². The van der Waals surface area contributed by atoms with Crippen LogP contribution in [0.1, 0.15) is 54.7 Å². The first-order valence-corrected chi connectivity index (χ1v) is 10.9. The van der Waals surface area contributed by atoms with Gasteiger partial charge in [0, 0.05) is 30.3 Å². The predicted molar refractivity (Wildman–Crippen MR) is 117 cm³/mol. The first-order valence-electron chi connectivity index (χ1n) is 10.9. The highest BCUT2D eigenvalue weighted by Gasteiger charge is 2.32. The highest BCUT2D eigenvalue weighted by atomic mass is 19.2. The molecule has 0 saturated heterocycles. The first kappa shape index (κ1) is 20.9. The molecular weight excluding hydrogens is 415 g/mol. The summed E-state index contributed by atoms with van der Waals surface area (Å²) >= 11 is 0. The molecule has 2 aromatic heterocycles. The molecule has 1 saturated carbocycles. The van der Waals surface area contributed by atoms with Gasteiger partial charge < -0.3 is 9.72 Å². The van der Waals surface area contributed by atoms with Crippen molar-refractivity contribution in [1.29, 1.82) is 0 Å². The van der Waals surface area contributed by atoms with Crippen LogP contribution in [0.2, 0.25) is 0 Å². The summed E-state index contributed by atoms with van der Waals surface area (Å²) in [6.07, 6.45) is 5.17. The maximum absolute atomic E-state index is 14.0. The van der Waals surface area contributed by atoms with Gasteiger partial charge in [-0.25, -0.2) is 18.2 Å². The average molecular weight is 439 g/mol. The molecule has 32 heavy (non-hydrogen) atoms. The zero-order valence-electron chi connectivity index (χ0n) is 18.0. The van der Waals surface area contributed by atoms with Gasteiger partial charge in [-0.15, -0.1) is 0 Å². The highest BCUT2D eigenvalue weighted by Crippen LogP contribution is 2.43. The standard InChI is InChI=1S/C25H24F3N3O/c1-13-22(28)19(27)12-21-23(13)31-25(30-21)24(32-2)15-5-3-14(4-6-15)17-9-10-29-20-8-7-16(26)11-18(17)20/h7-12,14-15,24H,3-6H2,1-2H3,(H,30,31)/t14?,15?,24-/m1/s1. The number of aryl methyl sites for hydroxylation is 1. The Morgan fingerprint density at radius 1 is 1.03 bits per heavy atom. The molecule has 1 fully saturated rings. The van der Waals surface area contributed by atoms with Crippen LogP contribution in [-0.2, 0) is 4.74 Å². The van der Waals surface area contributed by atoms with Crippen molar-refractivity contribution in [3.63, 3.8) is 0 Å². The predicted octanol–water partition coefficient (Wildman–Crippen LogP) is 6.50. The van der Waals surface area contributed by atoms with E-state index < -0.39 is 11.6 Å². The number of imidazole rings is 1. The average Bonchev–Trinajstić information content (AvgIpc) is 3.22. The molecule has 0 amide bonds. The van der Waals surface area contributed by atoms with E-state index in [-0.39, 0.29) is 23.4 Å². The van der Waals surface area contributed by atoms with E-state index in [1.165, 1.54) is 13.0 Å². The molecule has 0 unspecified atom stereocenters. The summed E-state index contributed by atoms with van der Waals surface area (Å²) in [4.78, 5) is 12.0. The summed E-state index contributed by atoms with van der Waals surface area (Å²) in [5.41, 5.74) is 3.05. The fraction of sp³-hybridized carbons (Fsp3) is 0.360. The normalized spacial score (nSPS) is 20.2. The number of nitrogens with one attached hydrogen (secondary N) is 1. The molecule has 4 aromatic rings. The largest absolute Gasteiger partial charge is 0.373 e. The number of nitrogens with zero attached hydrogens (tertiary/aromatic N) is 2. The molecule has 1 aliphatic rings. The van der Waals surface area contributed by atoms with E-state index in [4.69, 9.17) is 4.74 Å². The Morgan fingerprint density at radius 2 is 1.81 bits per heavy atom. The fourth-order valence-corrected chi connectivity index (χ4v) is 5.16. The number of hydrogen-bond donors (Lipinski definition) is 1. The molecular formula is C25H24F3N3O. The van der Waals surface area contributed by atoms with Gasteiger partial charge in [-0.2, -0.15) is 0 Å². The maximum atomic E-state index is 14.0. The smallest absolute Gasteiger partial charge is 0.163 e. The SMILES string of the molecule is CO[C@@H](c1nc2cc(F)c(F)c(C)c2[nH]1)C1CCC(c2ccnc3ccc(F)cc23)CC1. The number of fused-ring (bicyclic) bond motifs is 2. The van der Waals surface area contributed by atoms with E-state index in [1.54, 1.807) is 25.4 Å². The lowest BCUT2D eigenvalue weighted by Crippen LogP contribution is -2.22. The van der Waals surface area contributed by atoms with Crippen LogP contribution in [0.4, 0.5) is 13.2 Å². The number of ether oxygens (including phenoxy) is 1. The third-order valence-electron chi connectivity index (χ3n) is 6.83. The summed E-state index contributed by atoms with van der Waals surface area (Å²) in [5.74, 6) is -0.885. The molecule has 166 valence electrons. The van der Waals surface area contributed by atoms with Gasteiger partial charge in [-0.3, -0.25) is 4.98 Å². The van der Waals surface area contributed by atoms with Gasteiger partial charge in [0.25, 0.3) is 0 Å². The molecule has 2 aromatic carbocycles. The van der Waals surface area contributed by atoms with Gasteiger partial charge in [-0.05, 0) is 74.3 Å². The zero-order chi connectivity index (χ0) is 22.4. The van der Waals surface area contributed by atoms with E-state index in [2.05, 4.69) is 15.0 Å². The summed E-state index contributed by atoms with van der Waals surface area (Å²) in [6.45, 7) is 1.54. The van der Waals surface area contributed by atoms with Gasteiger partial charge in [-0.1, -0.05) is 0 Å². The van der Waals surface area contributed by atoms with Crippen LogP contribution in [0.15, 0.2) is 36.5 Å². The van der Waals surface area contributed by atoms with Crippen molar-refractivity contribution in [3.8, 4) is 0 Å². The van der Waals surface area contributed by atoms with Crippen molar-refractivity contribution in [2.45, 2.75) is 44.6 Å². The Kier molecular flexibility index (Phi) is 5.37. The number of H-pyrrole nitrogens is 1. The van der Waals surface area contributed by atoms with Crippen molar-refractivity contribution < 1.29 is 17.9 Å². The summed E-state index contributed by atoms with van der Waals surface area (Å²) < 4.78 is 47.4. The summed E-state index contributed by atoms with van der Waals surface area (Å²) in [6, 6.07) is 7.83. The first-order chi connectivity index (χ1) is 15.5. The lowest BCUT2D eigenvalue weighted by Gasteiger charge is -2.33. The second-order valence-electron chi connectivity index (χ2n) is 8.64. The summed E-state index contributed by atoms with van der Waals surface area (Å²) in [7, 11) is 1.64. The minimum atomic E-state index is -0.900. The van der Waals surface area contributed by atoms with Crippen LogP contribution in [0.5, 0.6) is 0 Å². The van der Waals surface area contributed by atoms with Gasteiger partial charge in [0.2, 0.25) is 0 Å². The lowest BCUT2D eigenvalue weighted by atomic mass is 9.76. The Balaban J connectivity index is 1.38. The fourth-order valence-electron chi connectivity index (χ4n) is 5.16. The number of aromatic nitrogens is 3. The lowest BCUT2D eigenvalue weighted by molar-refractivity contribution is 0.0274. The van der Waals surface area contributed by atoms with Crippen molar-refractivity contribution in [1.82, 2.24) is 15.0 Å². The number of rotatable bonds is 4. The molecule has 1 aliphatic carbocycles. The van der Waals surface area contributed by atoms with Gasteiger partial charge in [0.15, 0.2) is 11.6 Å². The minimum Gasteiger partial charge on any atom is -0.373 e. The van der Waals surface area contributed by atoms with Crippen molar-refractivity contribution in [3.05, 3.63) is 70.9 Å². The molecule has 2 heterocycles. The molecule has 0 spiro atoms. The van der Waals surface area contributed by atoms with Crippen LogP contribution in [0, 0.1) is 30.3 Å². The molecule has 7 heteroatoms. The van der Waals surface area contributed by atoms with Crippen molar-refractivity contribution in [2.75, 3.05) is 7.11 Å². The maximum Gasteiger partial charge on any atom is 0.163 e. The molecule has 1 N–H and O–H groups in total. The number of aromatic amines is 1. The molecule has 0 bridgehead atoms. The molecule has 0 aliphatic heterocycles. The second-order valence-corrected chi connectivity index (χ2v) is 8.64. The van der Waals surface area contributed by atoms with Crippen molar-refractivity contribution >= 4 is 21.9 Å². The molecule has 0 radical (unpaired) electrons. The Hall–Kier alpha value is -2.93. The van der Waals surface area contributed by atoms with E-state index in [0.717, 1.165) is 48.2 Å². The Labute approximate surface area is 183 Å². The van der Waals surface area contributed by atoms with Crippen LogP contribution in [-0.4, -0.2) is 22.1 Å². The number of methoxy groups -OCH3 is 1. The van der Waals surface area contributed by atoms with E-state index in [1.807, 2.05) is 6.07 Å². The monoisotopic (exact) mass is 439 g/mol. The van der Waals surface area contributed by atoms with E-state index >= 15 is 0 Å². The number of pyridine rings is 1. The van der Waals surface area contributed by atoms with E-state index in [0.29, 0.717) is 22.8 Å². The van der Waals surface area contributed by atoms with E-state index in [9.17, 15) is 13.2 Å². The van der Waals surface area contributed by atoms with Crippen LogP contribution in [0.25, 0.3) is 21.9 Å². The van der Waals surface area contributed by atoms with Crippen molar-refractivity contribution in [2.24, 2.45) is 5.92 Å². The van der Waals surface area contributed by atoms with Gasteiger partial charge in [0.1, 0.15) is 17.7 Å². The third-order valence-corrected chi connectivity index (χ3v) is 6.83. The highest BCUT2D eigenvalue weighted by molar-refractivity contribution is 5.82. The molecule has 5 rings (SSSR count). The summed E-state index contributed by atoms with van der Waals surface area (Å²) in [5, 5.41) is 0.871. The van der Waals surface area contributed by atoms with Crippen LogP contribution >= 0.6 is 0 Å². The van der Waals surface area contributed by atoms with Crippen LogP contribution < -0.4 is 0 Å². The minimum absolute atomic E-state index is 0.217. The molecule has 1 atom stereocenters. The topological polar surface area (TPSA) is 50.8 Å². The quantitative estimate of drug-likeness (QED) is 0.395. The van der Waals surface area contributed by atoms with Gasteiger partial charge in [0.05, 0.1) is 16.6 Å². The number of benzene rings is 2. The number of halogens is 3.